The minimum absolute atomic E-state index is 0.106. The van der Waals surface area contributed by atoms with Gasteiger partial charge in [-0.2, -0.15) is 4.31 Å². The molecular formula is C19H19Cl2FN2O3S. The first-order valence-electron chi connectivity index (χ1n) is 8.84. The first-order chi connectivity index (χ1) is 13.3. The molecule has 1 fully saturated rings. The summed E-state index contributed by atoms with van der Waals surface area (Å²) in [6, 6.07) is 7.65. The lowest BCUT2D eigenvalue weighted by Gasteiger charge is -2.20. The predicted octanol–water partition coefficient (Wildman–Crippen LogP) is 4.95. The maximum atomic E-state index is 14.3. The van der Waals surface area contributed by atoms with Crippen molar-refractivity contribution in [3.63, 3.8) is 0 Å². The highest BCUT2D eigenvalue weighted by Crippen LogP contribution is 2.25. The number of hydrogen-bond acceptors (Lipinski definition) is 3. The van der Waals surface area contributed by atoms with E-state index in [1.54, 1.807) is 0 Å². The van der Waals surface area contributed by atoms with Gasteiger partial charge < -0.3 is 5.32 Å². The molecule has 0 atom stereocenters. The van der Waals surface area contributed by atoms with Crippen LogP contribution in [-0.2, 0) is 10.0 Å². The first kappa shape index (κ1) is 21.0. The summed E-state index contributed by atoms with van der Waals surface area (Å²) in [5, 5.41) is 3.11. The van der Waals surface area contributed by atoms with E-state index in [0.717, 1.165) is 37.8 Å². The van der Waals surface area contributed by atoms with Crippen LogP contribution >= 0.6 is 23.2 Å². The van der Waals surface area contributed by atoms with E-state index in [1.165, 1.54) is 28.6 Å². The van der Waals surface area contributed by atoms with Crippen LogP contribution in [-0.4, -0.2) is 31.7 Å². The largest absolute Gasteiger partial charge is 0.322 e. The Morgan fingerprint density at radius 2 is 1.57 bits per heavy atom. The number of carbonyl (C=O) groups excluding carboxylic acids is 1. The van der Waals surface area contributed by atoms with Crippen molar-refractivity contribution in [2.45, 2.75) is 30.6 Å². The second-order valence-electron chi connectivity index (χ2n) is 6.57. The molecule has 0 radical (unpaired) electrons. The molecule has 0 saturated carbocycles. The predicted molar refractivity (Wildman–Crippen MR) is 108 cm³/mol. The third kappa shape index (κ3) is 4.84. The number of anilines is 1. The van der Waals surface area contributed by atoms with E-state index < -0.39 is 21.7 Å². The summed E-state index contributed by atoms with van der Waals surface area (Å²) >= 11 is 11.8. The fourth-order valence-corrected chi connectivity index (χ4v) is 5.16. The van der Waals surface area contributed by atoms with E-state index in [4.69, 9.17) is 23.2 Å². The Labute approximate surface area is 173 Å². The van der Waals surface area contributed by atoms with Crippen molar-refractivity contribution in [2.24, 2.45) is 0 Å². The van der Waals surface area contributed by atoms with Gasteiger partial charge in [0.1, 0.15) is 5.82 Å². The fourth-order valence-electron chi connectivity index (χ4n) is 3.09. The first-order valence-corrected chi connectivity index (χ1v) is 11.0. The quantitative estimate of drug-likeness (QED) is 0.725. The third-order valence-corrected chi connectivity index (χ3v) is 6.84. The molecule has 5 nitrogen and oxygen atoms in total. The smallest absolute Gasteiger partial charge is 0.258 e. The number of amides is 1. The Morgan fingerprint density at radius 3 is 2.18 bits per heavy atom. The summed E-state index contributed by atoms with van der Waals surface area (Å²) in [6.07, 6.45) is 3.52. The summed E-state index contributed by atoms with van der Waals surface area (Å²) in [4.78, 5) is 12.4. The van der Waals surface area contributed by atoms with Crippen LogP contribution in [0.1, 0.15) is 36.0 Å². The van der Waals surface area contributed by atoms with Gasteiger partial charge >= 0.3 is 0 Å². The van der Waals surface area contributed by atoms with Crippen molar-refractivity contribution in [1.29, 1.82) is 0 Å². The van der Waals surface area contributed by atoms with Gasteiger partial charge in [0, 0.05) is 28.8 Å². The number of sulfonamides is 1. The van der Waals surface area contributed by atoms with Crippen molar-refractivity contribution in [1.82, 2.24) is 4.31 Å². The van der Waals surface area contributed by atoms with Gasteiger partial charge in [0.25, 0.3) is 5.91 Å². The average molecular weight is 445 g/mol. The molecule has 1 saturated heterocycles. The Balaban J connectivity index is 1.89. The molecule has 0 aromatic heterocycles. The van der Waals surface area contributed by atoms with Gasteiger partial charge in [-0.3, -0.25) is 4.79 Å². The number of rotatable bonds is 4. The zero-order chi connectivity index (χ0) is 20.3. The molecule has 0 bridgehead atoms. The minimum atomic E-state index is -3.80. The summed E-state index contributed by atoms with van der Waals surface area (Å²) in [7, 11) is -3.80. The van der Waals surface area contributed by atoms with Gasteiger partial charge in [-0.05, 0) is 49.2 Å². The second-order valence-corrected chi connectivity index (χ2v) is 9.38. The Hall–Kier alpha value is -1.67. The maximum Gasteiger partial charge on any atom is 0.258 e. The molecule has 1 N–H and O–H groups in total. The van der Waals surface area contributed by atoms with Crippen LogP contribution in [0.5, 0.6) is 0 Å². The Kier molecular flexibility index (Phi) is 6.60. The highest BCUT2D eigenvalue weighted by molar-refractivity contribution is 7.89. The van der Waals surface area contributed by atoms with Gasteiger partial charge in [0.15, 0.2) is 0 Å². The highest BCUT2D eigenvalue weighted by Gasteiger charge is 2.27. The lowest BCUT2D eigenvalue weighted by Crippen LogP contribution is -2.32. The molecule has 1 aliphatic heterocycles. The van der Waals surface area contributed by atoms with Crippen molar-refractivity contribution >= 4 is 44.8 Å². The molecular weight excluding hydrogens is 426 g/mol. The number of carbonyl (C=O) groups is 1. The van der Waals surface area contributed by atoms with Crippen LogP contribution < -0.4 is 5.32 Å². The fraction of sp³-hybridized carbons (Fsp3) is 0.316. The molecule has 1 heterocycles. The van der Waals surface area contributed by atoms with E-state index in [0.29, 0.717) is 23.1 Å². The molecule has 1 aliphatic rings. The second kappa shape index (κ2) is 8.78. The molecule has 1 amide bonds. The topological polar surface area (TPSA) is 66.5 Å². The third-order valence-electron chi connectivity index (χ3n) is 4.51. The van der Waals surface area contributed by atoms with Gasteiger partial charge in [-0.25, -0.2) is 12.8 Å². The zero-order valence-electron chi connectivity index (χ0n) is 14.9. The monoisotopic (exact) mass is 444 g/mol. The Morgan fingerprint density at radius 1 is 0.964 bits per heavy atom. The molecule has 0 unspecified atom stereocenters. The molecule has 0 aliphatic carbocycles. The van der Waals surface area contributed by atoms with Crippen molar-refractivity contribution in [3.05, 3.63) is 57.8 Å². The summed E-state index contributed by atoms with van der Waals surface area (Å²) < 4.78 is 41.5. The SMILES string of the molecule is O=C(Nc1cc(Cl)cc(Cl)c1)c1cc(S(=O)(=O)N2CCCCCC2)ccc1F. The molecule has 0 spiro atoms. The van der Waals surface area contributed by atoms with Gasteiger partial charge in [-0.1, -0.05) is 36.0 Å². The van der Waals surface area contributed by atoms with E-state index >= 15 is 0 Å². The summed E-state index contributed by atoms with van der Waals surface area (Å²) in [6.45, 7) is 0.838. The maximum absolute atomic E-state index is 14.3. The van der Waals surface area contributed by atoms with Crippen LogP contribution in [0.2, 0.25) is 10.0 Å². The number of benzene rings is 2. The summed E-state index contributed by atoms with van der Waals surface area (Å²) in [5.74, 6) is -1.61. The lowest BCUT2D eigenvalue weighted by molar-refractivity contribution is 0.102. The van der Waals surface area contributed by atoms with E-state index in [1.807, 2.05) is 0 Å². The minimum Gasteiger partial charge on any atom is -0.322 e. The molecule has 9 heteroatoms. The van der Waals surface area contributed by atoms with Gasteiger partial charge in [0.05, 0.1) is 10.5 Å². The number of halogens is 3. The van der Waals surface area contributed by atoms with E-state index in [2.05, 4.69) is 5.32 Å². The van der Waals surface area contributed by atoms with Crippen molar-refractivity contribution < 1.29 is 17.6 Å². The zero-order valence-corrected chi connectivity index (χ0v) is 17.2. The summed E-state index contributed by atoms with van der Waals surface area (Å²) in [5.41, 5.74) is -0.0883. The van der Waals surface area contributed by atoms with Crippen molar-refractivity contribution in [3.8, 4) is 0 Å². The number of nitrogens with one attached hydrogen (secondary N) is 1. The van der Waals surface area contributed by atoms with Gasteiger partial charge in [0.2, 0.25) is 10.0 Å². The van der Waals surface area contributed by atoms with E-state index in [9.17, 15) is 17.6 Å². The highest BCUT2D eigenvalue weighted by atomic mass is 35.5. The number of hydrogen-bond donors (Lipinski definition) is 1. The average Bonchev–Trinajstić information content (AvgIpc) is 2.91. The molecule has 2 aromatic rings. The van der Waals surface area contributed by atoms with Gasteiger partial charge in [-0.15, -0.1) is 0 Å². The molecule has 3 rings (SSSR count). The standard InChI is InChI=1S/C19H19Cl2FN2O3S/c20-13-9-14(21)11-15(10-13)23-19(25)17-12-16(5-6-18(17)22)28(26,27)24-7-3-1-2-4-8-24/h5-6,9-12H,1-4,7-8H2,(H,23,25). The number of nitrogens with zero attached hydrogens (tertiary/aromatic N) is 1. The normalized spacial score (nSPS) is 15.8. The van der Waals surface area contributed by atoms with Crippen molar-refractivity contribution in [2.75, 3.05) is 18.4 Å². The van der Waals surface area contributed by atoms with Crippen LogP contribution in [0.25, 0.3) is 0 Å². The van der Waals surface area contributed by atoms with Crippen LogP contribution in [0.3, 0.4) is 0 Å². The van der Waals surface area contributed by atoms with E-state index in [-0.39, 0.29) is 16.1 Å². The molecule has 150 valence electrons. The lowest BCUT2D eigenvalue weighted by atomic mass is 10.2. The molecule has 2 aromatic carbocycles. The molecule has 28 heavy (non-hydrogen) atoms. The van der Waals surface area contributed by atoms with Crippen LogP contribution in [0.4, 0.5) is 10.1 Å². The van der Waals surface area contributed by atoms with Crippen LogP contribution in [0, 0.1) is 5.82 Å². The Bertz CT molecular complexity index is 970. The van der Waals surface area contributed by atoms with Crippen LogP contribution in [0.15, 0.2) is 41.3 Å².